The van der Waals surface area contributed by atoms with Gasteiger partial charge in [-0.15, -0.1) is 0 Å². The first-order chi connectivity index (χ1) is 8.65. The summed E-state index contributed by atoms with van der Waals surface area (Å²) in [6, 6.07) is 10.0. The third-order valence-corrected chi connectivity index (χ3v) is 2.87. The van der Waals surface area contributed by atoms with Crippen LogP contribution in [0, 0.1) is 0 Å². The molecule has 0 aliphatic heterocycles. The van der Waals surface area contributed by atoms with Gasteiger partial charge < -0.3 is 4.90 Å². The van der Waals surface area contributed by atoms with Crippen LogP contribution in [0.3, 0.4) is 0 Å². The molecular formula is C16H23NO. The topological polar surface area (TPSA) is 20.3 Å². The molecule has 0 aliphatic carbocycles. The maximum absolute atomic E-state index is 12.1. The van der Waals surface area contributed by atoms with Crippen LogP contribution in [0.4, 0.5) is 0 Å². The van der Waals surface area contributed by atoms with Crippen molar-refractivity contribution in [2.24, 2.45) is 0 Å². The second kappa shape index (κ2) is 7.70. The zero-order valence-corrected chi connectivity index (χ0v) is 11.6. The van der Waals surface area contributed by atoms with Crippen LogP contribution >= 0.6 is 0 Å². The van der Waals surface area contributed by atoms with Gasteiger partial charge in [-0.1, -0.05) is 50.1 Å². The lowest BCUT2D eigenvalue weighted by molar-refractivity contribution is -0.124. The molecule has 1 rings (SSSR count). The molecule has 0 aliphatic rings. The molecule has 1 aromatic rings. The van der Waals surface area contributed by atoms with E-state index in [1.54, 1.807) is 19.0 Å². The number of amides is 1. The van der Waals surface area contributed by atoms with Gasteiger partial charge in [-0.25, -0.2) is 0 Å². The van der Waals surface area contributed by atoms with Gasteiger partial charge in [-0.05, 0) is 24.5 Å². The van der Waals surface area contributed by atoms with E-state index in [4.69, 9.17) is 0 Å². The molecule has 1 aromatic carbocycles. The SMILES string of the molecule is CCCCC/C(=C\c1ccccc1)C(=O)N(C)C. The quantitative estimate of drug-likeness (QED) is 0.552. The van der Waals surface area contributed by atoms with Gasteiger partial charge in [0.25, 0.3) is 0 Å². The number of hydrogen-bond donors (Lipinski definition) is 0. The van der Waals surface area contributed by atoms with Crippen LogP contribution in [0.15, 0.2) is 35.9 Å². The summed E-state index contributed by atoms with van der Waals surface area (Å²) in [4.78, 5) is 13.8. The number of rotatable bonds is 6. The van der Waals surface area contributed by atoms with Gasteiger partial charge in [0.2, 0.25) is 5.91 Å². The molecule has 0 saturated carbocycles. The predicted octanol–water partition coefficient (Wildman–Crippen LogP) is 3.74. The molecule has 18 heavy (non-hydrogen) atoms. The average Bonchev–Trinajstić information content (AvgIpc) is 2.38. The van der Waals surface area contributed by atoms with E-state index >= 15 is 0 Å². The highest BCUT2D eigenvalue weighted by Crippen LogP contribution is 2.15. The van der Waals surface area contributed by atoms with Crippen molar-refractivity contribution in [3.05, 3.63) is 41.5 Å². The Balaban J connectivity index is 2.83. The van der Waals surface area contributed by atoms with Crippen molar-refractivity contribution in [2.75, 3.05) is 14.1 Å². The summed E-state index contributed by atoms with van der Waals surface area (Å²) in [5, 5.41) is 0. The second-order valence-corrected chi connectivity index (χ2v) is 4.74. The van der Waals surface area contributed by atoms with E-state index in [1.165, 1.54) is 12.8 Å². The van der Waals surface area contributed by atoms with Crippen molar-refractivity contribution < 1.29 is 4.79 Å². The second-order valence-electron chi connectivity index (χ2n) is 4.74. The predicted molar refractivity (Wildman–Crippen MR) is 77.3 cm³/mol. The summed E-state index contributed by atoms with van der Waals surface area (Å²) in [5.74, 6) is 0.120. The molecule has 98 valence electrons. The van der Waals surface area contributed by atoms with Crippen LogP contribution in [0.1, 0.15) is 38.2 Å². The van der Waals surface area contributed by atoms with Gasteiger partial charge in [-0.3, -0.25) is 4.79 Å². The minimum atomic E-state index is 0.120. The molecule has 1 amide bonds. The Morgan fingerprint density at radius 1 is 1.17 bits per heavy atom. The van der Waals surface area contributed by atoms with Gasteiger partial charge in [0.05, 0.1) is 0 Å². The molecule has 0 N–H and O–H groups in total. The first-order valence-corrected chi connectivity index (χ1v) is 6.62. The van der Waals surface area contributed by atoms with E-state index in [0.29, 0.717) is 0 Å². The van der Waals surface area contributed by atoms with Crippen molar-refractivity contribution in [3.8, 4) is 0 Å². The van der Waals surface area contributed by atoms with Crippen LogP contribution < -0.4 is 0 Å². The highest BCUT2D eigenvalue weighted by molar-refractivity contribution is 5.97. The Hall–Kier alpha value is -1.57. The fourth-order valence-electron chi connectivity index (χ4n) is 1.84. The summed E-state index contributed by atoms with van der Waals surface area (Å²) in [6.07, 6.45) is 6.30. The standard InChI is InChI=1S/C16H23NO/c1-4-5-7-12-15(16(18)17(2)3)13-14-10-8-6-9-11-14/h6,8-11,13H,4-5,7,12H2,1-3H3/b15-13+. The molecule has 0 spiro atoms. The Bertz CT molecular complexity index is 393. The molecule has 0 aromatic heterocycles. The minimum Gasteiger partial charge on any atom is -0.345 e. The molecule has 0 fully saturated rings. The van der Waals surface area contributed by atoms with E-state index in [9.17, 15) is 4.79 Å². The molecule has 2 heteroatoms. The van der Waals surface area contributed by atoms with Crippen molar-refractivity contribution >= 4 is 12.0 Å². The van der Waals surface area contributed by atoms with Crippen LogP contribution in [-0.4, -0.2) is 24.9 Å². The maximum Gasteiger partial charge on any atom is 0.249 e. The van der Waals surface area contributed by atoms with Crippen molar-refractivity contribution in [3.63, 3.8) is 0 Å². The first kappa shape index (κ1) is 14.5. The van der Waals surface area contributed by atoms with Crippen LogP contribution in [-0.2, 0) is 4.79 Å². The van der Waals surface area contributed by atoms with E-state index < -0.39 is 0 Å². The third-order valence-electron chi connectivity index (χ3n) is 2.87. The van der Waals surface area contributed by atoms with Crippen molar-refractivity contribution in [1.82, 2.24) is 4.90 Å². The third kappa shape index (κ3) is 4.74. The van der Waals surface area contributed by atoms with E-state index in [-0.39, 0.29) is 5.91 Å². The number of nitrogens with zero attached hydrogens (tertiary/aromatic N) is 1. The molecular weight excluding hydrogens is 222 g/mol. The van der Waals surface area contributed by atoms with Crippen LogP contribution in [0.5, 0.6) is 0 Å². The minimum absolute atomic E-state index is 0.120. The Morgan fingerprint density at radius 3 is 2.39 bits per heavy atom. The fraction of sp³-hybridized carbons (Fsp3) is 0.438. The Kier molecular flexibility index (Phi) is 6.20. The largest absolute Gasteiger partial charge is 0.345 e. The number of likely N-dealkylation sites (N-methyl/N-ethyl adjacent to an activating group) is 1. The van der Waals surface area contributed by atoms with E-state index in [2.05, 4.69) is 6.92 Å². The Labute approximate surface area is 110 Å². The van der Waals surface area contributed by atoms with Gasteiger partial charge in [-0.2, -0.15) is 0 Å². The molecule has 0 radical (unpaired) electrons. The summed E-state index contributed by atoms with van der Waals surface area (Å²) in [6.45, 7) is 2.17. The normalized spacial score (nSPS) is 11.4. The molecule has 0 atom stereocenters. The monoisotopic (exact) mass is 245 g/mol. The van der Waals surface area contributed by atoms with Crippen molar-refractivity contribution in [1.29, 1.82) is 0 Å². The summed E-state index contributed by atoms with van der Waals surface area (Å²) >= 11 is 0. The number of benzene rings is 1. The lowest BCUT2D eigenvalue weighted by Gasteiger charge is -2.13. The number of carbonyl (C=O) groups is 1. The van der Waals surface area contributed by atoms with Gasteiger partial charge in [0, 0.05) is 19.7 Å². The summed E-state index contributed by atoms with van der Waals surface area (Å²) < 4.78 is 0. The number of unbranched alkanes of at least 4 members (excludes halogenated alkanes) is 2. The van der Waals surface area contributed by atoms with Crippen LogP contribution in [0.25, 0.3) is 6.08 Å². The highest BCUT2D eigenvalue weighted by Gasteiger charge is 2.11. The fourth-order valence-corrected chi connectivity index (χ4v) is 1.84. The maximum atomic E-state index is 12.1. The van der Waals surface area contributed by atoms with Gasteiger partial charge >= 0.3 is 0 Å². The molecule has 0 unspecified atom stereocenters. The molecule has 2 nitrogen and oxygen atoms in total. The number of carbonyl (C=O) groups excluding carboxylic acids is 1. The van der Waals surface area contributed by atoms with Crippen LogP contribution in [0.2, 0.25) is 0 Å². The summed E-state index contributed by atoms with van der Waals surface area (Å²) in [7, 11) is 3.61. The number of hydrogen-bond acceptors (Lipinski definition) is 1. The Morgan fingerprint density at radius 2 is 1.83 bits per heavy atom. The molecule has 0 saturated heterocycles. The summed E-state index contributed by atoms with van der Waals surface area (Å²) in [5.41, 5.74) is 2.00. The van der Waals surface area contributed by atoms with Gasteiger partial charge in [0.15, 0.2) is 0 Å². The first-order valence-electron chi connectivity index (χ1n) is 6.62. The smallest absolute Gasteiger partial charge is 0.249 e. The van der Waals surface area contributed by atoms with Gasteiger partial charge in [0.1, 0.15) is 0 Å². The lowest BCUT2D eigenvalue weighted by Crippen LogP contribution is -2.23. The van der Waals surface area contributed by atoms with Crippen molar-refractivity contribution in [2.45, 2.75) is 32.6 Å². The van der Waals surface area contributed by atoms with E-state index in [0.717, 1.165) is 24.0 Å². The zero-order chi connectivity index (χ0) is 13.4. The molecule has 0 heterocycles. The molecule has 0 bridgehead atoms. The highest BCUT2D eigenvalue weighted by atomic mass is 16.2. The lowest BCUT2D eigenvalue weighted by atomic mass is 10.0. The van der Waals surface area contributed by atoms with E-state index in [1.807, 2.05) is 36.4 Å². The zero-order valence-electron chi connectivity index (χ0n) is 11.6. The average molecular weight is 245 g/mol.